The lowest BCUT2D eigenvalue weighted by Gasteiger charge is -2.31. The number of aromatic nitrogens is 2. The van der Waals surface area contributed by atoms with Crippen LogP contribution in [0.2, 0.25) is 0 Å². The van der Waals surface area contributed by atoms with Crippen LogP contribution in [0.3, 0.4) is 0 Å². The molecule has 44 heavy (non-hydrogen) atoms. The lowest BCUT2D eigenvalue weighted by atomic mass is 9.97. The number of para-hydroxylation sites is 1. The van der Waals surface area contributed by atoms with Gasteiger partial charge in [-0.25, -0.2) is 27.8 Å². The van der Waals surface area contributed by atoms with Gasteiger partial charge in [-0.1, -0.05) is 30.3 Å². The van der Waals surface area contributed by atoms with E-state index in [1.54, 1.807) is 48.9 Å². The molecule has 2 atom stereocenters. The van der Waals surface area contributed by atoms with Crippen molar-refractivity contribution in [3.8, 4) is 11.5 Å². The van der Waals surface area contributed by atoms with Gasteiger partial charge in [0.2, 0.25) is 16.0 Å². The molecule has 0 saturated carbocycles. The van der Waals surface area contributed by atoms with Gasteiger partial charge in [-0.05, 0) is 73.0 Å². The Kier molecular flexibility index (Phi) is 7.44. The molecule has 0 bridgehead atoms. The van der Waals surface area contributed by atoms with Crippen LogP contribution in [0.25, 0.3) is 0 Å². The number of aliphatic imine (C=N–C) groups is 1. The van der Waals surface area contributed by atoms with Gasteiger partial charge in [0.05, 0.1) is 10.6 Å². The van der Waals surface area contributed by atoms with Crippen molar-refractivity contribution >= 4 is 22.0 Å². The third-order valence-corrected chi connectivity index (χ3v) is 9.80. The van der Waals surface area contributed by atoms with Gasteiger partial charge >= 0.3 is 0 Å². The SMILES string of the molecule is O=S(=O)(c1ccc(Oc2ccccc2)cc1)N1CCC(Nc2nccc(C3C(c4ccc(F)cc4)N=C4OC=CN43)n2)CC1. The minimum atomic E-state index is -3.65. The van der Waals surface area contributed by atoms with E-state index in [0.29, 0.717) is 49.4 Å². The van der Waals surface area contributed by atoms with E-state index in [2.05, 4.69) is 10.3 Å². The fraction of sp³-hybridized carbons (Fsp3) is 0.219. The van der Waals surface area contributed by atoms with Crippen molar-refractivity contribution in [2.24, 2.45) is 4.99 Å². The summed E-state index contributed by atoms with van der Waals surface area (Å²) in [7, 11) is -3.65. The van der Waals surface area contributed by atoms with Crippen LogP contribution in [0.1, 0.15) is 36.2 Å². The first-order chi connectivity index (χ1) is 21.4. The smallest absolute Gasteiger partial charge is 0.298 e. The summed E-state index contributed by atoms with van der Waals surface area (Å²) < 4.78 is 53.2. The quantitative estimate of drug-likeness (QED) is 0.273. The molecule has 1 aromatic heterocycles. The van der Waals surface area contributed by atoms with Gasteiger partial charge in [0, 0.05) is 31.5 Å². The lowest BCUT2D eigenvalue weighted by Crippen LogP contribution is -2.42. The minimum absolute atomic E-state index is 0.00310. The highest BCUT2D eigenvalue weighted by molar-refractivity contribution is 7.89. The molecule has 0 radical (unpaired) electrons. The predicted octanol–water partition coefficient (Wildman–Crippen LogP) is 5.63. The Morgan fingerprint density at radius 2 is 1.64 bits per heavy atom. The number of fused-ring (bicyclic) bond motifs is 1. The Bertz CT molecular complexity index is 1790. The van der Waals surface area contributed by atoms with E-state index in [1.165, 1.54) is 16.4 Å². The molecule has 4 aromatic rings. The van der Waals surface area contributed by atoms with Crippen LogP contribution >= 0.6 is 0 Å². The van der Waals surface area contributed by atoms with Crippen molar-refractivity contribution < 1.29 is 22.3 Å². The molecule has 2 unspecified atom stereocenters. The van der Waals surface area contributed by atoms with Crippen molar-refractivity contribution in [2.45, 2.75) is 35.9 Å². The summed E-state index contributed by atoms with van der Waals surface area (Å²) in [6.45, 7) is 0.731. The van der Waals surface area contributed by atoms with Crippen LogP contribution in [0.4, 0.5) is 10.3 Å². The third kappa shape index (κ3) is 5.61. The molecule has 0 aliphatic carbocycles. The number of nitrogens with zero attached hydrogens (tertiary/aromatic N) is 5. The minimum Gasteiger partial charge on any atom is -0.457 e. The number of anilines is 1. The number of hydrogen-bond donors (Lipinski definition) is 1. The first-order valence-corrected chi connectivity index (χ1v) is 15.8. The number of amidine groups is 1. The number of nitrogens with one attached hydrogen (secondary N) is 1. The predicted molar refractivity (Wildman–Crippen MR) is 162 cm³/mol. The normalized spacial score (nSPS) is 20.2. The maximum Gasteiger partial charge on any atom is 0.298 e. The van der Waals surface area contributed by atoms with Crippen LogP contribution in [0.5, 0.6) is 11.5 Å². The molecular formula is C32H29FN6O4S. The Hall–Kier alpha value is -4.81. The molecule has 1 N–H and O–H groups in total. The van der Waals surface area contributed by atoms with E-state index in [-0.39, 0.29) is 28.8 Å². The number of benzene rings is 3. The van der Waals surface area contributed by atoms with Crippen LogP contribution < -0.4 is 10.1 Å². The van der Waals surface area contributed by atoms with E-state index in [4.69, 9.17) is 19.5 Å². The standard InChI is InChI=1S/C32H29FN6O4S/c33-23-8-6-22(7-9-23)29-30(39-20-21-42-32(39)37-29)28-14-17-34-31(36-28)35-24-15-18-38(19-16-24)44(40,41)27-12-10-26(11-13-27)43-25-4-2-1-3-5-25/h1-14,17,20-21,24,29-30H,15-16,18-19H2,(H,34,35,36). The molecular weight excluding hydrogens is 583 g/mol. The molecule has 0 spiro atoms. The average Bonchev–Trinajstić information content (AvgIpc) is 3.65. The number of sulfonamides is 1. The second-order valence-electron chi connectivity index (χ2n) is 10.7. The largest absolute Gasteiger partial charge is 0.457 e. The second kappa shape index (κ2) is 11.7. The van der Waals surface area contributed by atoms with E-state index < -0.39 is 10.0 Å². The molecule has 1 saturated heterocycles. The highest BCUT2D eigenvalue weighted by Crippen LogP contribution is 2.43. The highest BCUT2D eigenvalue weighted by Gasteiger charge is 2.41. The van der Waals surface area contributed by atoms with Gasteiger partial charge in [0.15, 0.2) is 0 Å². The van der Waals surface area contributed by atoms with Gasteiger partial charge in [0.1, 0.15) is 35.7 Å². The van der Waals surface area contributed by atoms with Gasteiger partial charge in [-0.3, -0.25) is 4.90 Å². The zero-order chi connectivity index (χ0) is 30.1. The summed E-state index contributed by atoms with van der Waals surface area (Å²) in [5.41, 5.74) is 1.57. The summed E-state index contributed by atoms with van der Waals surface area (Å²) in [5.74, 6) is 1.39. The first-order valence-electron chi connectivity index (χ1n) is 14.3. The van der Waals surface area contributed by atoms with Crippen molar-refractivity contribution in [1.82, 2.24) is 19.2 Å². The van der Waals surface area contributed by atoms with Gasteiger partial charge in [-0.15, -0.1) is 0 Å². The summed E-state index contributed by atoms with van der Waals surface area (Å²) in [6.07, 6.45) is 6.26. The molecule has 1 fully saturated rings. The highest BCUT2D eigenvalue weighted by atomic mass is 32.2. The Labute approximate surface area is 254 Å². The third-order valence-electron chi connectivity index (χ3n) is 7.88. The summed E-state index contributed by atoms with van der Waals surface area (Å²) in [4.78, 5) is 16.1. The summed E-state index contributed by atoms with van der Waals surface area (Å²) in [5, 5.41) is 3.39. The van der Waals surface area contributed by atoms with Crippen molar-refractivity contribution in [1.29, 1.82) is 0 Å². The lowest BCUT2D eigenvalue weighted by molar-refractivity contribution is 0.328. The maximum atomic E-state index is 13.6. The maximum absolute atomic E-state index is 13.6. The molecule has 12 heteroatoms. The Morgan fingerprint density at radius 3 is 2.39 bits per heavy atom. The molecule has 3 aromatic carbocycles. The Balaban J connectivity index is 1.00. The molecule has 3 aliphatic rings. The van der Waals surface area contributed by atoms with Crippen LogP contribution in [-0.2, 0) is 14.8 Å². The molecule has 224 valence electrons. The van der Waals surface area contributed by atoms with E-state index >= 15 is 0 Å². The zero-order valence-corrected chi connectivity index (χ0v) is 24.3. The molecule has 4 heterocycles. The number of piperidine rings is 1. The molecule has 10 nitrogen and oxygen atoms in total. The van der Waals surface area contributed by atoms with Gasteiger partial charge < -0.3 is 14.8 Å². The fourth-order valence-corrected chi connectivity index (χ4v) is 7.11. The first kappa shape index (κ1) is 28.0. The van der Waals surface area contributed by atoms with E-state index in [0.717, 1.165) is 11.3 Å². The monoisotopic (exact) mass is 612 g/mol. The molecule has 3 aliphatic heterocycles. The van der Waals surface area contributed by atoms with E-state index in [9.17, 15) is 12.8 Å². The van der Waals surface area contributed by atoms with Gasteiger partial charge in [-0.2, -0.15) is 4.31 Å². The van der Waals surface area contributed by atoms with Crippen LogP contribution in [-0.4, -0.2) is 52.7 Å². The number of rotatable bonds is 8. The summed E-state index contributed by atoms with van der Waals surface area (Å²) >= 11 is 0. The molecule has 0 amide bonds. The number of hydrogen-bond acceptors (Lipinski definition) is 9. The fourth-order valence-electron chi connectivity index (χ4n) is 5.64. The number of halogens is 1. The topological polar surface area (TPSA) is 109 Å². The van der Waals surface area contributed by atoms with Gasteiger partial charge in [0.25, 0.3) is 6.02 Å². The summed E-state index contributed by atoms with van der Waals surface area (Å²) in [6, 6.07) is 23.8. The van der Waals surface area contributed by atoms with Crippen LogP contribution in [0, 0.1) is 5.82 Å². The number of ether oxygens (including phenoxy) is 2. The second-order valence-corrected chi connectivity index (χ2v) is 12.6. The molecule has 7 rings (SSSR count). The van der Waals surface area contributed by atoms with Crippen molar-refractivity contribution in [3.05, 3.63) is 121 Å². The van der Waals surface area contributed by atoms with E-state index in [1.807, 2.05) is 47.5 Å². The van der Waals surface area contributed by atoms with Crippen molar-refractivity contribution in [2.75, 3.05) is 18.4 Å². The van der Waals surface area contributed by atoms with Crippen molar-refractivity contribution in [3.63, 3.8) is 0 Å². The Morgan fingerprint density at radius 1 is 0.909 bits per heavy atom. The average molecular weight is 613 g/mol. The zero-order valence-electron chi connectivity index (χ0n) is 23.5. The van der Waals surface area contributed by atoms with Crippen LogP contribution in [0.15, 0.2) is 113 Å².